The Morgan fingerprint density at radius 3 is 2.42 bits per heavy atom. The highest BCUT2D eigenvalue weighted by atomic mass is 16.4. The summed E-state index contributed by atoms with van der Waals surface area (Å²) in [5.74, 6) is 0.261. The van der Waals surface area contributed by atoms with Crippen molar-refractivity contribution >= 4 is 12.0 Å². The molecule has 2 amide bonds. The summed E-state index contributed by atoms with van der Waals surface area (Å²) in [4.78, 5) is 22.7. The average molecular weight is 270 g/mol. The maximum absolute atomic E-state index is 11.8. The number of rotatable bonds is 5. The minimum atomic E-state index is -0.940. The lowest BCUT2D eigenvalue weighted by Gasteiger charge is -2.23. The molecule has 1 saturated carbocycles. The lowest BCUT2D eigenvalue weighted by molar-refractivity contribution is -0.146. The fourth-order valence-corrected chi connectivity index (χ4v) is 2.62. The number of hydrogen-bond acceptors (Lipinski definition) is 2. The highest BCUT2D eigenvalue weighted by molar-refractivity contribution is 5.77. The van der Waals surface area contributed by atoms with E-state index in [1.165, 1.54) is 0 Å². The fraction of sp³-hybridized carbons (Fsp3) is 0.857. The number of nitrogens with one attached hydrogen (secondary N) is 2. The van der Waals surface area contributed by atoms with Crippen molar-refractivity contribution in [3.63, 3.8) is 0 Å². The average Bonchev–Trinajstić information content (AvgIpc) is 2.68. The van der Waals surface area contributed by atoms with E-state index in [9.17, 15) is 9.59 Å². The molecule has 0 spiro atoms. The second-order valence-corrected chi connectivity index (χ2v) is 6.23. The van der Waals surface area contributed by atoms with Crippen LogP contribution in [0.5, 0.6) is 0 Å². The zero-order valence-electron chi connectivity index (χ0n) is 12.3. The van der Waals surface area contributed by atoms with Crippen LogP contribution in [0, 0.1) is 17.3 Å². The second kappa shape index (κ2) is 6.26. The predicted octanol–water partition coefficient (Wildman–Crippen LogP) is 2.22. The lowest BCUT2D eigenvalue weighted by atomic mass is 9.93. The van der Waals surface area contributed by atoms with Crippen molar-refractivity contribution in [2.24, 2.45) is 17.3 Å². The van der Waals surface area contributed by atoms with E-state index >= 15 is 0 Å². The summed E-state index contributed by atoms with van der Waals surface area (Å²) in [6, 6.07) is -0.0548. The van der Waals surface area contributed by atoms with E-state index in [4.69, 9.17) is 5.11 Å². The summed E-state index contributed by atoms with van der Waals surface area (Å²) in [5.41, 5.74) is -0.940. The highest BCUT2D eigenvalue weighted by Gasteiger charge is 2.33. The smallest absolute Gasteiger partial charge is 0.315 e. The van der Waals surface area contributed by atoms with Gasteiger partial charge in [0.25, 0.3) is 0 Å². The zero-order valence-corrected chi connectivity index (χ0v) is 12.3. The third-order valence-electron chi connectivity index (χ3n) is 4.34. The Kier molecular flexibility index (Phi) is 5.20. The molecular weight excluding hydrogens is 244 g/mol. The molecule has 0 saturated heterocycles. The summed E-state index contributed by atoms with van der Waals surface area (Å²) in [6.07, 6.45) is 3.31. The molecule has 0 radical (unpaired) electrons. The van der Waals surface area contributed by atoms with Gasteiger partial charge in [0.05, 0.1) is 5.41 Å². The van der Waals surface area contributed by atoms with E-state index in [1.54, 1.807) is 13.8 Å². The topological polar surface area (TPSA) is 78.4 Å². The summed E-state index contributed by atoms with van der Waals surface area (Å²) < 4.78 is 0. The van der Waals surface area contributed by atoms with E-state index in [0.29, 0.717) is 11.8 Å². The van der Waals surface area contributed by atoms with Crippen LogP contribution >= 0.6 is 0 Å². The van der Waals surface area contributed by atoms with Crippen molar-refractivity contribution in [1.82, 2.24) is 10.6 Å². The zero-order chi connectivity index (χ0) is 14.6. The Labute approximate surface area is 115 Å². The van der Waals surface area contributed by atoms with E-state index in [2.05, 4.69) is 24.5 Å². The highest BCUT2D eigenvalue weighted by Crippen LogP contribution is 2.33. The first kappa shape index (κ1) is 15.8. The van der Waals surface area contributed by atoms with Gasteiger partial charge in [-0.15, -0.1) is 0 Å². The number of carboxylic acids is 1. The summed E-state index contributed by atoms with van der Waals surface area (Å²) >= 11 is 0. The SMILES string of the molecule is CCC1CCC(NC(=O)NCC(C)(C)C(=O)O)C1C. The normalized spacial score (nSPS) is 27.1. The lowest BCUT2D eigenvalue weighted by Crippen LogP contribution is -2.47. The molecule has 0 aliphatic heterocycles. The monoisotopic (exact) mass is 270 g/mol. The Balaban J connectivity index is 2.38. The minimum absolute atomic E-state index is 0.131. The molecule has 0 aromatic carbocycles. The van der Waals surface area contributed by atoms with Gasteiger partial charge in [-0.25, -0.2) is 4.79 Å². The molecule has 1 aliphatic carbocycles. The van der Waals surface area contributed by atoms with Gasteiger partial charge in [0.1, 0.15) is 0 Å². The molecule has 0 aromatic rings. The van der Waals surface area contributed by atoms with Gasteiger partial charge < -0.3 is 15.7 Å². The minimum Gasteiger partial charge on any atom is -0.481 e. The maximum Gasteiger partial charge on any atom is 0.315 e. The van der Waals surface area contributed by atoms with Crippen molar-refractivity contribution in [2.45, 2.75) is 53.0 Å². The molecule has 1 fully saturated rings. The van der Waals surface area contributed by atoms with Gasteiger partial charge in [0.15, 0.2) is 0 Å². The van der Waals surface area contributed by atoms with E-state index < -0.39 is 11.4 Å². The number of carbonyl (C=O) groups excluding carboxylic acids is 1. The van der Waals surface area contributed by atoms with Gasteiger partial charge >= 0.3 is 12.0 Å². The number of carbonyl (C=O) groups is 2. The van der Waals surface area contributed by atoms with Crippen molar-refractivity contribution in [1.29, 1.82) is 0 Å². The first-order valence-corrected chi connectivity index (χ1v) is 7.05. The molecule has 0 heterocycles. The molecule has 19 heavy (non-hydrogen) atoms. The third kappa shape index (κ3) is 4.11. The predicted molar refractivity (Wildman–Crippen MR) is 73.9 cm³/mol. The number of hydrogen-bond donors (Lipinski definition) is 3. The van der Waals surface area contributed by atoms with Gasteiger partial charge in [-0.2, -0.15) is 0 Å². The van der Waals surface area contributed by atoms with Crippen LogP contribution in [0.4, 0.5) is 4.79 Å². The van der Waals surface area contributed by atoms with E-state index in [0.717, 1.165) is 19.3 Å². The van der Waals surface area contributed by atoms with Crippen LogP contribution in [0.1, 0.15) is 47.0 Å². The Morgan fingerprint density at radius 1 is 1.32 bits per heavy atom. The van der Waals surface area contributed by atoms with Crippen LogP contribution in [0.25, 0.3) is 0 Å². The summed E-state index contributed by atoms with van der Waals surface area (Å²) in [5, 5.41) is 14.6. The molecule has 1 aliphatic rings. The number of urea groups is 1. The molecule has 1 rings (SSSR count). The first-order chi connectivity index (χ1) is 8.77. The van der Waals surface area contributed by atoms with Crippen molar-refractivity contribution in [3.05, 3.63) is 0 Å². The number of amides is 2. The van der Waals surface area contributed by atoms with Crippen molar-refractivity contribution in [3.8, 4) is 0 Å². The molecule has 5 nitrogen and oxygen atoms in total. The fourth-order valence-electron chi connectivity index (χ4n) is 2.62. The van der Waals surface area contributed by atoms with Gasteiger partial charge in [0.2, 0.25) is 0 Å². The van der Waals surface area contributed by atoms with Gasteiger partial charge in [0, 0.05) is 12.6 Å². The van der Waals surface area contributed by atoms with Gasteiger partial charge in [-0.3, -0.25) is 4.79 Å². The van der Waals surface area contributed by atoms with Crippen LogP contribution in [0.3, 0.4) is 0 Å². The molecule has 110 valence electrons. The maximum atomic E-state index is 11.8. The number of carboxylic acid groups (broad SMARTS) is 1. The van der Waals surface area contributed by atoms with Gasteiger partial charge in [-0.1, -0.05) is 20.3 Å². The molecule has 5 heteroatoms. The molecule has 3 atom stereocenters. The summed E-state index contributed by atoms with van der Waals surface area (Å²) in [6.45, 7) is 7.68. The standard InChI is InChI=1S/C14H26N2O3/c1-5-10-6-7-11(9(10)2)16-13(19)15-8-14(3,4)12(17)18/h9-11H,5-8H2,1-4H3,(H,17,18)(H2,15,16,19). The molecule has 3 N–H and O–H groups in total. The van der Waals surface area contributed by atoms with Crippen LogP contribution in [0.15, 0.2) is 0 Å². The van der Waals surface area contributed by atoms with E-state index in [1.807, 2.05) is 0 Å². The van der Waals surface area contributed by atoms with Gasteiger partial charge in [-0.05, 0) is 38.5 Å². The molecule has 3 unspecified atom stereocenters. The Hall–Kier alpha value is -1.26. The Morgan fingerprint density at radius 2 is 1.95 bits per heavy atom. The molecular formula is C14H26N2O3. The van der Waals surface area contributed by atoms with E-state index in [-0.39, 0.29) is 18.6 Å². The third-order valence-corrected chi connectivity index (χ3v) is 4.34. The Bertz CT molecular complexity index is 342. The number of aliphatic carboxylic acids is 1. The van der Waals surface area contributed by atoms with Crippen LogP contribution < -0.4 is 10.6 Å². The first-order valence-electron chi connectivity index (χ1n) is 7.05. The summed E-state index contributed by atoms with van der Waals surface area (Å²) in [7, 11) is 0. The second-order valence-electron chi connectivity index (χ2n) is 6.23. The molecule has 0 aromatic heterocycles. The van der Waals surface area contributed by atoms with Crippen molar-refractivity contribution in [2.75, 3.05) is 6.54 Å². The quantitative estimate of drug-likeness (QED) is 0.716. The van der Waals surface area contributed by atoms with Crippen LogP contribution in [-0.2, 0) is 4.79 Å². The largest absolute Gasteiger partial charge is 0.481 e. The molecule has 0 bridgehead atoms. The van der Waals surface area contributed by atoms with Crippen molar-refractivity contribution < 1.29 is 14.7 Å². The van der Waals surface area contributed by atoms with Crippen LogP contribution in [0.2, 0.25) is 0 Å². The van der Waals surface area contributed by atoms with Crippen LogP contribution in [-0.4, -0.2) is 29.7 Å².